The van der Waals surface area contributed by atoms with E-state index in [0.717, 1.165) is 6.20 Å². The Balaban J connectivity index is 3.58. The molecular weight excluding hydrogens is 292 g/mol. The third kappa shape index (κ3) is 3.21. The molecule has 0 aliphatic carbocycles. The van der Waals surface area contributed by atoms with Crippen molar-refractivity contribution in [2.45, 2.75) is 45.1 Å². The van der Waals surface area contributed by atoms with Gasteiger partial charge in [-0.05, 0) is 33.3 Å². The van der Waals surface area contributed by atoms with Crippen LogP contribution < -0.4 is 0 Å². The number of carbonyl (C=O) groups excluding carboxylic acids is 1. The summed E-state index contributed by atoms with van der Waals surface area (Å²) in [6.07, 6.45) is 1.94. The van der Waals surface area contributed by atoms with Gasteiger partial charge in [0.05, 0.1) is 10.5 Å². The molecule has 1 rings (SSSR count). The lowest BCUT2D eigenvalue weighted by molar-refractivity contribution is -0.386. The first-order valence-electron chi connectivity index (χ1n) is 6.62. The SMILES string of the molecule is CCC(C(=O)O)(C(=O)OC(C)(C)C)c1ccncc1[N+](=O)[O-]. The summed E-state index contributed by atoms with van der Waals surface area (Å²) in [5.41, 5.74) is -3.85. The van der Waals surface area contributed by atoms with Gasteiger partial charge in [0, 0.05) is 6.20 Å². The normalized spacial score (nSPS) is 14.0. The Kier molecular flexibility index (Phi) is 4.85. The summed E-state index contributed by atoms with van der Waals surface area (Å²) in [6, 6.07) is 1.17. The van der Waals surface area contributed by atoms with E-state index in [0.29, 0.717) is 0 Å². The second kappa shape index (κ2) is 6.08. The number of rotatable bonds is 5. The number of aliphatic carboxylic acids is 1. The van der Waals surface area contributed by atoms with Gasteiger partial charge in [-0.15, -0.1) is 0 Å². The maximum atomic E-state index is 12.5. The first-order valence-corrected chi connectivity index (χ1v) is 6.62. The number of hydrogen-bond acceptors (Lipinski definition) is 6. The monoisotopic (exact) mass is 310 g/mol. The third-order valence-electron chi connectivity index (χ3n) is 3.10. The highest BCUT2D eigenvalue weighted by atomic mass is 16.6. The molecule has 22 heavy (non-hydrogen) atoms. The summed E-state index contributed by atoms with van der Waals surface area (Å²) in [4.78, 5) is 38.3. The Morgan fingerprint density at radius 2 is 2.00 bits per heavy atom. The van der Waals surface area contributed by atoms with Crippen LogP contribution in [0.4, 0.5) is 5.69 Å². The topological polar surface area (TPSA) is 120 Å². The highest BCUT2D eigenvalue weighted by molar-refractivity contribution is 6.06. The lowest BCUT2D eigenvalue weighted by atomic mass is 9.77. The van der Waals surface area contributed by atoms with Crippen LogP contribution in [0, 0.1) is 10.1 Å². The van der Waals surface area contributed by atoms with Crippen molar-refractivity contribution in [1.29, 1.82) is 0 Å². The predicted molar refractivity (Wildman–Crippen MR) is 76.3 cm³/mol. The van der Waals surface area contributed by atoms with E-state index in [9.17, 15) is 24.8 Å². The Bertz CT molecular complexity index is 608. The van der Waals surface area contributed by atoms with Crippen LogP contribution >= 0.6 is 0 Å². The fourth-order valence-corrected chi connectivity index (χ4v) is 2.06. The van der Waals surface area contributed by atoms with Crippen molar-refractivity contribution in [1.82, 2.24) is 4.98 Å². The number of carboxylic acid groups (broad SMARTS) is 1. The Hall–Kier alpha value is -2.51. The molecule has 0 spiro atoms. The van der Waals surface area contributed by atoms with Crippen molar-refractivity contribution in [3.8, 4) is 0 Å². The van der Waals surface area contributed by atoms with Gasteiger partial charge in [-0.25, -0.2) is 0 Å². The molecule has 1 N–H and O–H groups in total. The molecule has 0 aliphatic rings. The number of nitrogens with zero attached hydrogens (tertiary/aromatic N) is 2. The number of ether oxygens (including phenoxy) is 1. The van der Waals surface area contributed by atoms with Gasteiger partial charge in [0.1, 0.15) is 11.8 Å². The molecule has 120 valence electrons. The minimum atomic E-state index is -2.15. The van der Waals surface area contributed by atoms with E-state index in [4.69, 9.17) is 4.74 Å². The molecule has 0 saturated carbocycles. The van der Waals surface area contributed by atoms with E-state index in [1.807, 2.05) is 0 Å². The number of pyridine rings is 1. The van der Waals surface area contributed by atoms with Crippen LogP contribution in [-0.4, -0.2) is 32.6 Å². The van der Waals surface area contributed by atoms with Crippen molar-refractivity contribution in [3.05, 3.63) is 34.1 Å². The van der Waals surface area contributed by atoms with Crippen molar-refractivity contribution in [2.75, 3.05) is 0 Å². The first-order chi connectivity index (χ1) is 10.1. The van der Waals surface area contributed by atoms with Gasteiger partial charge in [-0.3, -0.25) is 24.7 Å². The molecule has 0 aliphatic heterocycles. The molecule has 1 aromatic heterocycles. The molecule has 1 unspecified atom stereocenters. The number of nitro groups is 1. The van der Waals surface area contributed by atoms with Crippen LogP contribution in [0.3, 0.4) is 0 Å². The number of carboxylic acids is 1. The molecule has 1 heterocycles. The van der Waals surface area contributed by atoms with Crippen LogP contribution in [0.5, 0.6) is 0 Å². The van der Waals surface area contributed by atoms with Gasteiger partial charge >= 0.3 is 11.9 Å². The summed E-state index contributed by atoms with van der Waals surface area (Å²) in [7, 11) is 0. The lowest BCUT2D eigenvalue weighted by Gasteiger charge is -2.30. The summed E-state index contributed by atoms with van der Waals surface area (Å²) >= 11 is 0. The molecule has 0 bridgehead atoms. The van der Waals surface area contributed by atoms with Crippen LogP contribution in [-0.2, 0) is 19.7 Å². The summed E-state index contributed by atoms with van der Waals surface area (Å²) in [5.74, 6) is -2.54. The lowest BCUT2D eigenvalue weighted by Crippen LogP contribution is -2.47. The van der Waals surface area contributed by atoms with Crippen molar-refractivity contribution < 1.29 is 24.4 Å². The van der Waals surface area contributed by atoms with Gasteiger partial charge in [0.2, 0.25) is 0 Å². The molecule has 0 saturated heterocycles. The molecule has 0 amide bonds. The van der Waals surface area contributed by atoms with E-state index in [-0.39, 0.29) is 12.0 Å². The molecule has 0 radical (unpaired) electrons. The molecule has 1 aromatic rings. The minimum absolute atomic E-state index is 0.192. The Labute approximate surface area is 127 Å². The fourth-order valence-electron chi connectivity index (χ4n) is 2.06. The minimum Gasteiger partial charge on any atom is -0.480 e. The van der Waals surface area contributed by atoms with Gasteiger partial charge in [-0.1, -0.05) is 6.92 Å². The van der Waals surface area contributed by atoms with Crippen molar-refractivity contribution >= 4 is 17.6 Å². The second-order valence-corrected chi connectivity index (χ2v) is 5.72. The highest BCUT2D eigenvalue weighted by Gasteiger charge is 2.52. The van der Waals surface area contributed by atoms with Crippen LogP contribution in [0.1, 0.15) is 39.7 Å². The van der Waals surface area contributed by atoms with E-state index in [1.54, 1.807) is 20.8 Å². The zero-order valence-corrected chi connectivity index (χ0v) is 12.8. The smallest absolute Gasteiger partial charge is 0.328 e. The number of carbonyl (C=O) groups is 2. The predicted octanol–water partition coefficient (Wildman–Crippen LogP) is 2.06. The zero-order chi connectivity index (χ0) is 17.1. The number of aromatic nitrogens is 1. The maximum absolute atomic E-state index is 12.5. The van der Waals surface area contributed by atoms with E-state index >= 15 is 0 Å². The van der Waals surface area contributed by atoms with E-state index in [2.05, 4.69) is 4.98 Å². The average Bonchev–Trinajstić information content (AvgIpc) is 2.38. The van der Waals surface area contributed by atoms with Crippen LogP contribution in [0.15, 0.2) is 18.5 Å². The first kappa shape index (κ1) is 17.5. The summed E-state index contributed by atoms with van der Waals surface area (Å²) in [5, 5.41) is 20.7. The number of esters is 1. The van der Waals surface area contributed by atoms with Crippen molar-refractivity contribution in [3.63, 3.8) is 0 Å². The Morgan fingerprint density at radius 3 is 2.41 bits per heavy atom. The van der Waals surface area contributed by atoms with Gasteiger partial charge in [-0.2, -0.15) is 0 Å². The average molecular weight is 310 g/mol. The second-order valence-electron chi connectivity index (χ2n) is 5.72. The molecule has 8 heteroatoms. The standard InChI is InChI=1S/C14H18N2O6/c1-5-14(11(17)18,12(19)22-13(2,3)4)9-6-7-15-8-10(9)16(20)21/h6-8H,5H2,1-4H3,(H,17,18). The van der Waals surface area contributed by atoms with E-state index in [1.165, 1.54) is 19.2 Å². The molecular formula is C14H18N2O6. The van der Waals surface area contributed by atoms with Gasteiger partial charge in [0.25, 0.3) is 5.69 Å². The number of hydrogen-bond donors (Lipinski definition) is 1. The third-order valence-corrected chi connectivity index (χ3v) is 3.10. The van der Waals surface area contributed by atoms with Crippen LogP contribution in [0.25, 0.3) is 0 Å². The molecule has 8 nitrogen and oxygen atoms in total. The molecule has 0 aromatic carbocycles. The van der Waals surface area contributed by atoms with Gasteiger partial charge in [0.15, 0.2) is 5.41 Å². The fraction of sp³-hybridized carbons (Fsp3) is 0.500. The van der Waals surface area contributed by atoms with Gasteiger partial charge < -0.3 is 9.84 Å². The maximum Gasteiger partial charge on any atom is 0.328 e. The largest absolute Gasteiger partial charge is 0.480 e. The van der Waals surface area contributed by atoms with Crippen molar-refractivity contribution in [2.24, 2.45) is 0 Å². The zero-order valence-electron chi connectivity index (χ0n) is 12.8. The van der Waals surface area contributed by atoms with Crippen LogP contribution in [0.2, 0.25) is 0 Å². The molecule has 0 fully saturated rings. The molecule has 1 atom stereocenters. The Morgan fingerprint density at radius 1 is 1.41 bits per heavy atom. The quantitative estimate of drug-likeness (QED) is 0.382. The highest BCUT2D eigenvalue weighted by Crippen LogP contribution is 2.36. The summed E-state index contributed by atoms with van der Waals surface area (Å²) in [6.45, 7) is 6.23. The summed E-state index contributed by atoms with van der Waals surface area (Å²) < 4.78 is 5.18. The van der Waals surface area contributed by atoms with E-state index < -0.39 is 33.6 Å².